The number of rotatable bonds is 2. The molecule has 5 N–H and O–H groups in total. The molecule has 1 aliphatic heterocycles. The van der Waals surface area contributed by atoms with Gasteiger partial charge in [-0.1, -0.05) is 19.3 Å². The van der Waals surface area contributed by atoms with Crippen LogP contribution in [0.5, 0.6) is 0 Å². The molecule has 1 amide bonds. The van der Waals surface area contributed by atoms with Gasteiger partial charge in [-0.3, -0.25) is 14.6 Å². The molecular weight excluding hydrogens is 330 g/mol. The smallest absolute Gasteiger partial charge is 0.255 e. The van der Waals surface area contributed by atoms with Gasteiger partial charge in [0.05, 0.1) is 11.7 Å². The second kappa shape index (κ2) is 6.68. The number of carbonyl (C=O) groups excluding carboxylic acids is 1. The summed E-state index contributed by atoms with van der Waals surface area (Å²) >= 11 is 0. The first-order valence-corrected chi connectivity index (χ1v) is 9.94. The topological polar surface area (TPSA) is 118 Å². The molecule has 2 heterocycles. The van der Waals surface area contributed by atoms with Gasteiger partial charge < -0.3 is 16.4 Å². The number of nitrogens with two attached hydrogens (primary N) is 2. The summed E-state index contributed by atoms with van der Waals surface area (Å²) in [6.45, 7) is 1.38. The second-order valence-corrected chi connectivity index (χ2v) is 8.31. The molecule has 1 aromatic rings. The Morgan fingerprint density at radius 1 is 1.19 bits per heavy atom. The number of hydrogen-bond acceptors (Lipinski definition) is 5. The molecule has 1 spiro atoms. The van der Waals surface area contributed by atoms with Gasteiger partial charge in [0.2, 0.25) is 11.9 Å². The fourth-order valence-electron chi connectivity index (χ4n) is 5.22. The van der Waals surface area contributed by atoms with Crippen LogP contribution >= 0.6 is 0 Å². The van der Waals surface area contributed by atoms with E-state index in [0.29, 0.717) is 19.0 Å². The van der Waals surface area contributed by atoms with E-state index in [1.54, 1.807) is 0 Å². The molecule has 3 aliphatic rings. The molecule has 0 bridgehead atoms. The van der Waals surface area contributed by atoms with Gasteiger partial charge in [0, 0.05) is 24.1 Å². The van der Waals surface area contributed by atoms with Gasteiger partial charge in [0.25, 0.3) is 5.56 Å². The Hall–Kier alpha value is -1.89. The standard InChI is InChI=1S/C19H29N5O2/c20-14(12-4-2-1-3-5-12)17(26)24-10-8-19(9-11-24)7-6-13-15(19)22-18(21)23-16(13)25/h12,14H,1-11,20H2,(H3,21,22,23,25)/t14-/m0/s1. The predicted octanol–water partition coefficient (Wildman–Crippen LogP) is 1.07. The Morgan fingerprint density at radius 2 is 1.88 bits per heavy atom. The minimum Gasteiger partial charge on any atom is -0.369 e. The van der Waals surface area contributed by atoms with Crippen molar-refractivity contribution in [3.63, 3.8) is 0 Å². The molecule has 7 nitrogen and oxygen atoms in total. The Labute approximate surface area is 153 Å². The summed E-state index contributed by atoms with van der Waals surface area (Å²) in [7, 11) is 0. The van der Waals surface area contributed by atoms with Crippen molar-refractivity contribution in [2.45, 2.75) is 69.2 Å². The number of hydrogen-bond donors (Lipinski definition) is 3. The highest BCUT2D eigenvalue weighted by Crippen LogP contribution is 2.44. The van der Waals surface area contributed by atoms with E-state index in [0.717, 1.165) is 49.8 Å². The Bertz CT molecular complexity index is 745. The van der Waals surface area contributed by atoms with Crippen LogP contribution < -0.4 is 17.0 Å². The lowest BCUT2D eigenvalue weighted by molar-refractivity contribution is -0.135. The molecule has 0 unspecified atom stereocenters. The molecule has 1 atom stereocenters. The van der Waals surface area contributed by atoms with Crippen LogP contribution in [-0.2, 0) is 16.6 Å². The van der Waals surface area contributed by atoms with Crippen molar-refractivity contribution in [2.75, 3.05) is 18.8 Å². The first-order chi connectivity index (χ1) is 12.5. The summed E-state index contributed by atoms with van der Waals surface area (Å²) in [4.78, 5) is 34.0. The number of fused-ring (bicyclic) bond motifs is 2. The summed E-state index contributed by atoms with van der Waals surface area (Å²) < 4.78 is 0. The molecule has 142 valence electrons. The summed E-state index contributed by atoms with van der Waals surface area (Å²) in [6.07, 6.45) is 9.11. The maximum Gasteiger partial charge on any atom is 0.255 e. The number of nitrogen functional groups attached to an aromatic ring is 1. The van der Waals surface area contributed by atoms with E-state index >= 15 is 0 Å². The van der Waals surface area contributed by atoms with Gasteiger partial charge >= 0.3 is 0 Å². The molecule has 1 saturated carbocycles. The molecule has 26 heavy (non-hydrogen) atoms. The number of amides is 1. The third-order valence-corrected chi connectivity index (χ3v) is 6.86. The lowest BCUT2D eigenvalue weighted by Gasteiger charge is -2.41. The summed E-state index contributed by atoms with van der Waals surface area (Å²) in [5.41, 5.74) is 13.5. The van der Waals surface area contributed by atoms with E-state index in [2.05, 4.69) is 9.97 Å². The van der Waals surface area contributed by atoms with Crippen molar-refractivity contribution < 1.29 is 4.79 Å². The van der Waals surface area contributed by atoms with E-state index in [1.807, 2.05) is 4.90 Å². The number of anilines is 1. The lowest BCUT2D eigenvalue weighted by atomic mass is 9.75. The number of H-pyrrole nitrogens is 1. The van der Waals surface area contributed by atoms with Crippen molar-refractivity contribution >= 4 is 11.9 Å². The zero-order valence-corrected chi connectivity index (χ0v) is 15.3. The summed E-state index contributed by atoms with van der Waals surface area (Å²) in [6, 6.07) is -0.364. The minimum atomic E-state index is -0.364. The van der Waals surface area contributed by atoms with E-state index in [4.69, 9.17) is 11.5 Å². The third-order valence-electron chi connectivity index (χ3n) is 6.86. The van der Waals surface area contributed by atoms with Crippen LogP contribution in [0.4, 0.5) is 5.95 Å². The molecular formula is C19H29N5O2. The average Bonchev–Trinajstić information content (AvgIpc) is 3.00. The van der Waals surface area contributed by atoms with Gasteiger partial charge in [0.15, 0.2) is 0 Å². The monoisotopic (exact) mass is 359 g/mol. The highest BCUT2D eigenvalue weighted by molar-refractivity contribution is 5.82. The predicted molar refractivity (Wildman–Crippen MR) is 99.6 cm³/mol. The maximum atomic E-state index is 12.9. The number of nitrogens with one attached hydrogen (secondary N) is 1. The first-order valence-electron chi connectivity index (χ1n) is 9.94. The van der Waals surface area contributed by atoms with Crippen LogP contribution in [0.15, 0.2) is 4.79 Å². The number of piperidine rings is 1. The van der Waals surface area contributed by atoms with Crippen LogP contribution in [0, 0.1) is 5.92 Å². The van der Waals surface area contributed by atoms with E-state index < -0.39 is 0 Å². The molecule has 2 aliphatic carbocycles. The first kappa shape index (κ1) is 17.5. The molecule has 2 fully saturated rings. The van der Waals surface area contributed by atoms with Crippen molar-refractivity contribution in [1.29, 1.82) is 0 Å². The van der Waals surface area contributed by atoms with E-state index in [1.165, 1.54) is 19.3 Å². The number of likely N-dealkylation sites (tertiary alicyclic amines) is 1. The number of nitrogens with zero attached hydrogens (tertiary/aromatic N) is 2. The van der Waals surface area contributed by atoms with Gasteiger partial charge in [-0.15, -0.1) is 0 Å². The van der Waals surface area contributed by atoms with Crippen LogP contribution in [0.3, 0.4) is 0 Å². The SMILES string of the molecule is Nc1nc2c(c(=O)[nH]1)CCC21CCN(C(=O)[C@@H](N)C2CCCCC2)CC1. The third kappa shape index (κ3) is 2.92. The largest absolute Gasteiger partial charge is 0.369 e. The number of carbonyl (C=O) groups is 1. The minimum absolute atomic E-state index is 0.100. The normalized spacial score (nSPS) is 23.8. The highest BCUT2D eigenvalue weighted by Gasteiger charge is 2.45. The van der Waals surface area contributed by atoms with Gasteiger partial charge in [-0.05, 0) is 44.4 Å². The van der Waals surface area contributed by atoms with Crippen molar-refractivity contribution in [1.82, 2.24) is 14.9 Å². The van der Waals surface area contributed by atoms with Crippen LogP contribution in [0.2, 0.25) is 0 Å². The highest BCUT2D eigenvalue weighted by atomic mass is 16.2. The van der Waals surface area contributed by atoms with Crippen molar-refractivity contribution in [2.24, 2.45) is 11.7 Å². The zero-order chi connectivity index (χ0) is 18.3. The Balaban J connectivity index is 1.45. The fourth-order valence-corrected chi connectivity index (χ4v) is 5.22. The second-order valence-electron chi connectivity index (χ2n) is 8.31. The zero-order valence-electron chi connectivity index (χ0n) is 15.3. The lowest BCUT2D eigenvalue weighted by Crippen LogP contribution is -2.52. The van der Waals surface area contributed by atoms with Crippen LogP contribution in [0.1, 0.15) is 62.6 Å². The van der Waals surface area contributed by atoms with Crippen molar-refractivity contribution in [3.05, 3.63) is 21.6 Å². The number of aromatic nitrogens is 2. The summed E-state index contributed by atoms with van der Waals surface area (Å²) in [5, 5.41) is 0. The quantitative estimate of drug-likeness (QED) is 0.730. The van der Waals surface area contributed by atoms with Gasteiger partial charge in [-0.25, -0.2) is 4.98 Å². The Morgan fingerprint density at radius 3 is 2.58 bits per heavy atom. The average molecular weight is 359 g/mol. The molecule has 0 radical (unpaired) electrons. The maximum absolute atomic E-state index is 12.9. The van der Waals surface area contributed by atoms with E-state index in [9.17, 15) is 9.59 Å². The van der Waals surface area contributed by atoms with Gasteiger partial charge in [-0.2, -0.15) is 0 Å². The molecule has 0 aromatic carbocycles. The molecule has 1 aromatic heterocycles. The summed E-state index contributed by atoms with van der Waals surface area (Å²) in [5.74, 6) is 0.621. The van der Waals surface area contributed by atoms with E-state index in [-0.39, 0.29) is 28.9 Å². The molecule has 7 heteroatoms. The molecule has 1 saturated heterocycles. The fraction of sp³-hybridized carbons (Fsp3) is 0.737. The van der Waals surface area contributed by atoms with Crippen LogP contribution in [0.25, 0.3) is 0 Å². The Kier molecular flexibility index (Phi) is 4.50. The molecule has 4 rings (SSSR count). The van der Waals surface area contributed by atoms with Gasteiger partial charge in [0.1, 0.15) is 0 Å². The number of aromatic amines is 1. The van der Waals surface area contributed by atoms with Crippen LogP contribution in [-0.4, -0.2) is 39.9 Å². The van der Waals surface area contributed by atoms with Crippen molar-refractivity contribution in [3.8, 4) is 0 Å².